The third-order valence-electron chi connectivity index (χ3n) is 4.74. The summed E-state index contributed by atoms with van der Waals surface area (Å²) in [5.74, 6) is 0.725. The highest BCUT2D eigenvalue weighted by Gasteiger charge is 2.28. The van der Waals surface area contributed by atoms with Crippen molar-refractivity contribution >= 4 is 11.7 Å². The fourth-order valence-electron chi connectivity index (χ4n) is 3.37. The SMILES string of the molecule is O=C(c1ccc(NCCO)nc1)N1CCC(N2CCOCC2)CC1. The molecule has 7 heteroatoms. The highest BCUT2D eigenvalue weighted by Crippen LogP contribution is 2.19. The number of pyridine rings is 1. The highest BCUT2D eigenvalue weighted by atomic mass is 16.5. The number of anilines is 1. The number of nitrogens with zero attached hydrogens (tertiary/aromatic N) is 3. The fourth-order valence-corrected chi connectivity index (χ4v) is 3.37. The zero-order valence-electron chi connectivity index (χ0n) is 14.0. The standard InChI is InChI=1S/C17H26N4O3/c22-10-5-18-16-2-1-14(13-19-16)17(23)21-6-3-15(4-7-21)20-8-11-24-12-9-20/h1-2,13,15,22H,3-12H2,(H,18,19). The lowest BCUT2D eigenvalue weighted by molar-refractivity contribution is 0.00158. The van der Waals surface area contributed by atoms with Crippen molar-refractivity contribution in [2.75, 3.05) is 57.9 Å². The molecule has 0 aromatic carbocycles. The zero-order valence-corrected chi connectivity index (χ0v) is 14.0. The summed E-state index contributed by atoms with van der Waals surface area (Å²) in [5.41, 5.74) is 0.620. The Bertz CT molecular complexity index is 523. The maximum absolute atomic E-state index is 12.6. The average Bonchev–Trinajstić information content (AvgIpc) is 2.67. The Morgan fingerprint density at radius 1 is 1.25 bits per heavy atom. The molecule has 0 bridgehead atoms. The van der Waals surface area contributed by atoms with Crippen molar-refractivity contribution in [2.45, 2.75) is 18.9 Å². The summed E-state index contributed by atoms with van der Waals surface area (Å²) in [4.78, 5) is 21.2. The Kier molecular flexibility index (Phi) is 6.01. The van der Waals surface area contributed by atoms with E-state index in [4.69, 9.17) is 9.84 Å². The van der Waals surface area contributed by atoms with Crippen LogP contribution in [0, 0.1) is 0 Å². The van der Waals surface area contributed by atoms with Crippen molar-refractivity contribution in [1.82, 2.24) is 14.8 Å². The van der Waals surface area contributed by atoms with E-state index in [0.717, 1.165) is 52.2 Å². The summed E-state index contributed by atoms with van der Waals surface area (Å²) < 4.78 is 5.41. The third kappa shape index (κ3) is 4.23. The number of likely N-dealkylation sites (tertiary alicyclic amines) is 1. The number of piperidine rings is 1. The van der Waals surface area contributed by atoms with Gasteiger partial charge in [0.2, 0.25) is 0 Å². The molecule has 24 heavy (non-hydrogen) atoms. The number of carbonyl (C=O) groups is 1. The van der Waals surface area contributed by atoms with E-state index in [1.807, 2.05) is 4.90 Å². The second-order valence-corrected chi connectivity index (χ2v) is 6.25. The number of aliphatic hydroxyl groups is 1. The van der Waals surface area contributed by atoms with E-state index in [1.54, 1.807) is 18.3 Å². The van der Waals surface area contributed by atoms with Gasteiger partial charge in [0.1, 0.15) is 5.82 Å². The van der Waals surface area contributed by atoms with Gasteiger partial charge < -0.3 is 20.1 Å². The van der Waals surface area contributed by atoms with Gasteiger partial charge in [0, 0.05) is 45.0 Å². The number of morpholine rings is 1. The van der Waals surface area contributed by atoms with E-state index in [2.05, 4.69) is 15.2 Å². The number of amides is 1. The number of hydrogen-bond donors (Lipinski definition) is 2. The molecule has 2 fully saturated rings. The van der Waals surface area contributed by atoms with E-state index in [9.17, 15) is 4.79 Å². The number of hydrogen-bond acceptors (Lipinski definition) is 6. The summed E-state index contributed by atoms with van der Waals surface area (Å²) in [7, 11) is 0. The monoisotopic (exact) mass is 334 g/mol. The molecule has 0 spiro atoms. The van der Waals surface area contributed by atoms with E-state index >= 15 is 0 Å². The Hall–Kier alpha value is -1.70. The lowest BCUT2D eigenvalue weighted by Crippen LogP contribution is -2.50. The smallest absolute Gasteiger partial charge is 0.255 e. The molecular formula is C17H26N4O3. The van der Waals surface area contributed by atoms with E-state index < -0.39 is 0 Å². The first-order chi connectivity index (χ1) is 11.8. The molecule has 2 N–H and O–H groups in total. The Morgan fingerprint density at radius 2 is 2.00 bits per heavy atom. The van der Waals surface area contributed by atoms with Crippen molar-refractivity contribution in [3.8, 4) is 0 Å². The van der Waals surface area contributed by atoms with Gasteiger partial charge in [0.05, 0.1) is 25.4 Å². The summed E-state index contributed by atoms with van der Waals surface area (Å²) >= 11 is 0. The van der Waals surface area contributed by atoms with Gasteiger partial charge in [-0.25, -0.2) is 4.98 Å². The van der Waals surface area contributed by atoms with Gasteiger partial charge in [0.25, 0.3) is 5.91 Å². The fraction of sp³-hybridized carbons (Fsp3) is 0.647. The molecule has 3 rings (SSSR count). The topological polar surface area (TPSA) is 77.9 Å². The molecule has 0 radical (unpaired) electrons. The number of ether oxygens (including phenoxy) is 1. The van der Waals surface area contributed by atoms with E-state index in [0.29, 0.717) is 24.0 Å². The van der Waals surface area contributed by atoms with Crippen LogP contribution in [0.2, 0.25) is 0 Å². The normalized spacial score (nSPS) is 20.1. The molecule has 2 aliphatic heterocycles. The van der Waals surface area contributed by atoms with Crippen molar-refractivity contribution in [3.05, 3.63) is 23.9 Å². The molecule has 0 atom stereocenters. The van der Waals surface area contributed by atoms with Gasteiger partial charge in [-0.3, -0.25) is 9.69 Å². The molecule has 1 aromatic rings. The molecule has 1 amide bonds. The molecule has 2 saturated heterocycles. The minimum absolute atomic E-state index is 0.0524. The minimum atomic E-state index is 0.0524. The molecule has 2 aliphatic rings. The molecule has 0 aliphatic carbocycles. The van der Waals surface area contributed by atoms with E-state index in [-0.39, 0.29) is 12.5 Å². The van der Waals surface area contributed by atoms with Crippen LogP contribution < -0.4 is 5.32 Å². The van der Waals surface area contributed by atoms with Crippen LogP contribution in [-0.4, -0.2) is 84.4 Å². The lowest BCUT2D eigenvalue weighted by atomic mass is 10.0. The molecule has 7 nitrogen and oxygen atoms in total. The Labute approximate surface area is 142 Å². The van der Waals surface area contributed by atoms with Gasteiger partial charge in [-0.1, -0.05) is 0 Å². The van der Waals surface area contributed by atoms with Gasteiger partial charge in [-0.15, -0.1) is 0 Å². The maximum atomic E-state index is 12.6. The van der Waals surface area contributed by atoms with Crippen LogP contribution >= 0.6 is 0 Å². The first kappa shape index (κ1) is 17.1. The second-order valence-electron chi connectivity index (χ2n) is 6.25. The number of nitrogens with one attached hydrogen (secondary N) is 1. The quantitative estimate of drug-likeness (QED) is 0.813. The van der Waals surface area contributed by atoms with Crippen LogP contribution in [-0.2, 0) is 4.74 Å². The molecule has 3 heterocycles. The molecule has 132 valence electrons. The van der Waals surface area contributed by atoms with Crippen LogP contribution in [0.25, 0.3) is 0 Å². The largest absolute Gasteiger partial charge is 0.395 e. The molecule has 0 saturated carbocycles. The Morgan fingerprint density at radius 3 is 2.62 bits per heavy atom. The summed E-state index contributed by atoms with van der Waals surface area (Å²) in [6.07, 6.45) is 3.65. The van der Waals surface area contributed by atoms with Crippen molar-refractivity contribution in [2.24, 2.45) is 0 Å². The van der Waals surface area contributed by atoms with Gasteiger partial charge >= 0.3 is 0 Å². The summed E-state index contributed by atoms with van der Waals surface area (Å²) in [6, 6.07) is 4.15. The summed E-state index contributed by atoms with van der Waals surface area (Å²) in [5, 5.41) is 11.8. The van der Waals surface area contributed by atoms with Gasteiger partial charge in [-0.05, 0) is 25.0 Å². The average molecular weight is 334 g/mol. The third-order valence-corrected chi connectivity index (χ3v) is 4.74. The summed E-state index contributed by atoms with van der Waals surface area (Å²) in [6.45, 7) is 5.76. The highest BCUT2D eigenvalue weighted by molar-refractivity contribution is 5.94. The van der Waals surface area contributed by atoms with Crippen molar-refractivity contribution in [3.63, 3.8) is 0 Å². The first-order valence-electron chi connectivity index (χ1n) is 8.70. The van der Waals surface area contributed by atoms with Crippen LogP contribution in [0.1, 0.15) is 23.2 Å². The van der Waals surface area contributed by atoms with Crippen molar-refractivity contribution in [1.29, 1.82) is 0 Å². The van der Waals surface area contributed by atoms with E-state index in [1.165, 1.54) is 0 Å². The van der Waals surface area contributed by atoms with Crippen LogP contribution in [0.15, 0.2) is 18.3 Å². The predicted octanol–water partition coefficient (Wildman–Crippen LogP) is 0.423. The number of aromatic nitrogens is 1. The number of rotatable bonds is 5. The van der Waals surface area contributed by atoms with Crippen molar-refractivity contribution < 1.29 is 14.6 Å². The van der Waals surface area contributed by atoms with Crippen LogP contribution in [0.4, 0.5) is 5.82 Å². The predicted molar refractivity (Wildman–Crippen MR) is 91.1 cm³/mol. The van der Waals surface area contributed by atoms with Gasteiger partial charge in [0.15, 0.2) is 0 Å². The maximum Gasteiger partial charge on any atom is 0.255 e. The first-order valence-corrected chi connectivity index (χ1v) is 8.70. The van der Waals surface area contributed by atoms with Gasteiger partial charge in [-0.2, -0.15) is 0 Å². The molecular weight excluding hydrogens is 308 g/mol. The minimum Gasteiger partial charge on any atom is -0.395 e. The number of aliphatic hydroxyl groups excluding tert-OH is 1. The molecule has 0 unspecified atom stereocenters. The number of carbonyl (C=O) groups excluding carboxylic acids is 1. The van der Waals surface area contributed by atoms with Crippen LogP contribution in [0.5, 0.6) is 0 Å². The second kappa shape index (κ2) is 8.41. The Balaban J connectivity index is 1.51. The molecule has 1 aromatic heterocycles. The van der Waals surface area contributed by atoms with Crippen LogP contribution in [0.3, 0.4) is 0 Å². The lowest BCUT2D eigenvalue weighted by Gasteiger charge is -2.40. The zero-order chi connectivity index (χ0) is 16.8.